The number of carbonyl (C=O) groups excluding carboxylic acids is 1. The number of aromatic nitrogens is 1. The zero-order valence-corrected chi connectivity index (χ0v) is 13.2. The van der Waals surface area contributed by atoms with E-state index < -0.39 is 0 Å². The Hall–Kier alpha value is -1.77. The van der Waals surface area contributed by atoms with Gasteiger partial charge in [-0.05, 0) is 49.1 Å². The second-order valence-electron chi connectivity index (χ2n) is 7.11. The van der Waals surface area contributed by atoms with Gasteiger partial charge in [-0.15, -0.1) is 0 Å². The molecule has 3 heteroatoms. The van der Waals surface area contributed by atoms with Crippen LogP contribution in [0.2, 0.25) is 0 Å². The molecule has 4 rings (SSSR count). The monoisotopic (exact) mass is 296 g/mol. The van der Waals surface area contributed by atoms with Gasteiger partial charge in [-0.2, -0.15) is 0 Å². The molecule has 0 saturated heterocycles. The molecular weight excluding hydrogens is 272 g/mol. The summed E-state index contributed by atoms with van der Waals surface area (Å²) in [5.74, 6) is 1.97. The van der Waals surface area contributed by atoms with Crippen molar-refractivity contribution < 1.29 is 4.79 Å². The summed E-state index contributed by atoms with van der Waals surface area (Å²) in [6.45, 7) is 0. The molecule has 3 atom stereocenters. The smallest absolute Gasteiger partial charge is 0.222 e. The van der Waals surface area contributed by atoms with Crippen LogP contribution in [0.25, 0.3) is 10.9 Å². The third-order valence-corrected chi connectivity index (χ3v) is 5.87. The van der Waals surface area contributed by atoms with Crippen molar-refractivity contribution in [3.8, 4) is 0 Å². The molecule has 1 aromatic carbocycles. The fourth-order valence-corrected chi connectivity index (χ4v) is 4.63. The number of H-pyrrole nitrogens is 1. The standard InChI is InChI=1S/C19H24N2O/c1-21(18-11-13-6-7-14(18)10-13)19(22)9-8-15-12-20-17-5-3-2-4-16(15)17/h2-5,12-14,18,20H,6-11H2,1H3. The minimum absolute atomic E-state index is 0.308. The van der Waals surface area contributed by atoms with Gasteiger partial charge in [0.2, 0.25) is 5.91 Å². The zero-order chi connectivity index (χ0) is 15.1. The van der Waals surface area contributed by atoms with E-state index in [0.29, 0.717) is 18.4 Å². The van der Waals surface area contributed by atoms with Gasteiger partial charge in [-0.3, -0.25) is 4.79 Å². The number of carbonyl (C=O) groups is 1. The maximum Gasteiger partial charge on any atom is 0.222 e. The molecule has 0 radical (unpaired) electrons. The first-order valence-electron chi connectivity index (χ1n) is 8.53. The van der Waals surface area contributed by atoms with Crippen molar-refractivity contribution in [1.29, 1.82) is 0 Å². The first-order valence-corrected chi connectivity index (χ1v) is 8.53. The van der Waals surface area contributed by atoms with Gasteiger partial charge in [0.05, 0.1) is 0 Å². The van der Waals surface area contributed by atoms with Crippen LogP contribution in [-0.2, 0) is 11.2 Å². The predicted octanol–water partition coefficient (Wildman–Crippen LogP) is 3.75. The molecule has 3 nitrogen and oxygen atoms in total. The van der Waals surface area contributed by atoms with Crippen molar-refractivity contribution in [2.24, 2.45) is 11.8 Å². The average molecular weight is 296 g/mol. The number of benzene rings is 1. The summed E-state index contributed by atoms with van der Waals surface area (Å²) in [6, 6.07) is 8.82. The SMILES string of the molecule is CN(C(=O)CCc1c[nH]c2ccccc12)C1CC2CCC1C2. The Morgan fingerprint density at radius 2 is 2.14 bits per heavy atom. The van der Waals surface area contributed by atoms with Gasteiger partial charge in [0.25, 0.3) is 0 Å². The van der Waals surface area contributed by atoms with Crippen molar-refractivity contribution in [3.05, 3.63) is 36.0 Å². The number of fused-ring (bicyclic) bond motifs is 3. The summed E-state index contributed by atoms with van der Waals surface area (Å²) in [5, 5.41) is 1.25. The second-order valence-corrected chi connectivity index (χ2v) is 7.11. The van der Waals surface area contributed by atoms with Crippen LogP contribution in [0.3, 0.4) is 0 Å². The lowest BCUT2D eigenvalue weighted by Crippen LogP contribution is -2.40. The van der Waals surface area contributed by atoms with Gasteiger partial charge >= 0.3 is 0 Å². The second kappa shape index (κ2) is 5.45. The van der Waals surface area contributed by atoms with Crippen molar-refractivity contribution in [3.63, 3.8) is 0 Å². The van der Waals surface area contributed by atoms with Crippen LogP contribution in [0.15, 0.2) is 30.5 Å². The van der Waals surface area contributed by atoms with Gasteiger partial charge in [-0.25, -0.2) is 0 Å². The number of rotatable bonds is 4. The number of nitrogens with zero attached hydrogens (tertiary/aromatic N) is 1. The van der Waals surface area contributed by atoms with Crippen molar-refractivity contribution in [2.75, 3.05) is 7.05 Å². The molecule has 2 fully saturated rings. The first kappa shape index (κ1) is 13.9. The van der Waals surface area contributed by atoms with E-state index in [2.05, 4.69) is 34.3 Å². The normalized spacial score (nSPS) is 26.7. The summed E-state index contributed by atoms with van der Waals surface area (Å²) >= 11 is 0. The van der Waals surface area contributed by atoms with Gasteiger partial charge in [0, 0.05) is 36.6 Å². The van der Waals surface area contributed by atoms with E-state index in [1.165, 1.54) is 36.6 Å². The van der Waals surface area contributed by atoms with E-state index in [1.807, 2.05) is 13.1 Å². The Labute approximate surface area is 131 Å². The minimum atomic E-state index is 0.308. The molecule has 3 unspecified atom stereocenters. The highest BCUT2D eigenvalue weighted by atomic mass is 16.2. The van der Waals surface area contributed by atoms with Crippen LogP contribution in [-0.4, -0.2) is 28.9 Å². The highest BCUT2D eigenvalue weighted by molar-refractivity contribution is 5.84. The summed E-state index contributed by atoms with van der Waals surface area (Å²) in [7, 11) is 2.02. The van der Waals surface area contributed by atoms with Crippen LogP contribution < -0.4 is 0 Å². The minimum Gasteiger partial charge on any atom is -0.361 e. The van der Waals surface area contributed by atoms with E-state index in [9.17, 15) is 4.79 Å². The molecule has 2 saturated carbocycles. The number of amides is 1. The molecule has 2 aliphatic carbocycles. The number of hydrogen-bond acceptors (Lipinski definition) is 1. The number of hydrogen-bond donors (Lipinski definition) is 1. The van der Waals surface area contributed by atoms with E-state index in [-0.39, 0.29) is 0 Å². The average Bonchev–Trinajstić information content (AvgIpc) is 3.26. The fourth-order valence-electron chi connectivity index (χ4n) is 4.63. The number of aryl methyl sites for hydroxylation is 1. The summed E-state index contributed by atoms with van der Waals surface area (Å²) in [6.07, 6.45) is 8.80. The van der Waals surface area contributed by atoms with E-state index in [1.54, 1.807) is 0 Å². The maximum atomic E-state index is 12.6. The lowest BCUT2D eigenvalue weighted by atomic mass is 9.94. The third kappa shape index (κ3) is 2.33. The van der Waals surface area contributed by atoms with E-state index >= 15 is 0 Å². The van der Waals surface area contributed by atoms with Gasteiger partial charge in [0.1, 0.15) is 0 Å². The molecule has 116 valence electrons. The van der Waals surface area contributed by atoms with Crippen LogP contribution in [0.1, 0.15) is 37.7 Å². The molecule has 2 bridgehead atoms. The quantitative estimate of drug-likeness (QED) is 0.916. The highest BCUT2D eigenvalue weighted by Crippen LogP contribution is 2.46. The highest BCUT2D eigenvalue weighted by Gasteiger charge is 2.42. The Morgan fingerprint density at radius 3 is 2.91 bits per heavy atom. The van der Waals surface area contributed by atoms with Crippen molar-refractivity contribution in [1.82, 2.24) is 9.88 Å². The lowest BCUT2D eigenvalue weighted by molar-refractivity contribution is -0.132. The number of nitrogens with one attached hydrogen (secondary N) is 1. The van der Waals surface area contributed by atoms with E-state index in [0.717, 1.165) is 23.8 Å². The van der Waals surface area contributed by atoms with Crippen LogP contribution >= 0.6 is 0 Å². The Kier molecular flexibility index (Phi) is 3.44. The van der Waals surface area contributed by atoms with Crippen molar-refractivity contribution >= 4 is 16.8 Å². The lowest BCUT2D eigenvalue weighted by Gasteiger charge is -2.31. The molecular formula is C19H24N2O. The van der Waals surface area contributed by atoms with E-state index in [4.69, 9.17) is 0 Å². The van der Waals surface area contributed by atoms with Crippen LogP contribution in [0.5, 0.6) is 0 Å². The summed E-state index contributed by atoms with van der Waals surface area (Å²) in [5.41, 5.74) is 2.41. The predicted molar refractivity (Wildman–Crippen MR) is 88.6 cm³/mol. The molecule has 2 aliphatic rings. The zero-order valence-electron chi connectivity index (χ0n) is 13.2. The Bertz CT molecular complexity index is 690. The largest absolute Gasteiger partial charge is 0.361 e. The molecule has 1 N–H and O–H groups in total. The molecule has 0 spiro atoms. The van der Waals surface area contributed by atoms with Gasteiger partial charge in [-0.1, -0.05) is 24.6 Å². The summed E-state index contributed by atoms with van der Waals surface area (Å²) in [4.78, 5) is 17.9. The molecule has 1 heterocycles. The molecule has 22 heavy (non-hydrogen) atoms. The molecule has 1 amide bonds. The van der Waals surface area contributed by atoms with Gasteiger partial charge in [0.15, 0.2) is 0 Å². The van der Waals surface area contributed by atoms with Gasteiger partial charge < -0.3 is 9.88 Å². The fraction of sp³-hybridized carbons (Fsp3) is 0.526. The number of para-hydroxylation sites is 1. The maximum absolute atomic E-state index is 12.6. The molecule has 0 aliphatic heterocycles. The van der Waals surface area contributed by atoms with Crippen LogP contribution in [0, 0.1) is 11.8 Å². The Morgan fingerprint density at radius 1 is 1.27 bits per heavy atom. The Balaban J connectivity index is 1.40. The summed E-state index contributed by atoms with van der Waals surface area (Å²) < 4.78 is 0. The van der Waals surface area contributed by atoms with Crippen molar-refractivity contribution in [2.45, 2.75) is 44.6 Å². The first-order chi connectivity index (χ1) is 10.7. The molecule has 2 aromatic rings. The topological polar surface area (TPSA) is 36.1 Å². The third-order valence-electron chi connectivity index (χ3n) is 5.87. The van der Waals surface area contributed by atoms with Crippen LogP contribution in [0.4, 0.5) is 0 Å². The number of aromatic amines is 1. The molecule has 1 aromatic heterocycles.